The first-order valence-electron chi connectivity index (χ1n) is 8.20. The molecule has 2 aromatic rings. The van der Waals surface area contributed by atoms with Crippen molar-refractivity contribution in [2.75, 3.05) is 6.61 Å². The molecule has 9 heteroatoms. The van der Waals surface area contributed by atoms with Gasteiger partial charge in [0.2, 0.25) is 0 Å². The number of benzene rings is 1. The lowest BCUT2D eigenvalue weighted by molar-refractivity contribution is -0.137. The Balaban J connectivity index is 1.86. The van der Waals surface area contributed by atoms with Crippen LogP contribution in [0.1, 0.15) is 28.9 Å². The average molecular weight is 417 g/mol. The predicted molar refractivity (Wildman–Crippen MR) is 96.9 cm³/mol. The van der Waals surface area contributed by atoms with Gasteiger partial charge in [-0.15, -0.1) is 0 Å². The van der Waals surface area contributed by atoms with E-state index >= 15 is 0 Å². The van der Waals surface area contributed by atoms with Gasteiger partial charge in [-0.25, -0.2) is 9.78 Å². The molecule has 4 nitrogen and oxygen atoms in total. The first-order chi connectivity index (χ1) is 12.8. The number of alkyl carbamates (subject to hydrolysis) is 1. The van der Waals surface area contributed by atoms with E-state index in [1.54, 1.807) is 6.92 Å². The van der Waals surface area contributed by atoms with E-state index in [0.29, 0.717) is 6.42 Å². The van der Waals surface area contributed by atoms with E-state index in [1.165, 1.54) is 11.8 Å². The molecule has 0 saturated heterocycles. The number of rotatable bonds is 4. The smallest absolute Gasteiger partial charge is 0.417 e. The molecule has 0 unspecified atom stereocenters. The molecule has 0 radical (unpaired) electrons. The number of thioether (sulfide) groups is 1. The summed E-state index contributed by atoms with van der Waals surface area (Å²) in [6.45, 7) is 1.96. The molecule has 1 N–H and O–H groups in total. The van der Waals surface area contributed by atoms with Crippen LogP contribution in [0.3, 0.4) is 0 Å². The third kappa shape index (κ3) is 4.50. The maximum atomic E-state index is 12.8. The number of aromatic nitrogens is 1. The van der Waals surface area contributed by atoms with Crippen molar-refractivity contribution >= 4 is 29.5 Å². The Morgan fingerprint density at radius 2 is 2.15 bits per heavy atom. The number of hydrogen-bond acceptors (Lipinski definition) is 4. The van der Waals surface area contributed by atoms with Gasteiger partial charge in [0.05, 0.1) is 28.5 Å². The molecule has 1 aromatic heterocycles. The number of fused-ring (bicyclic) bond motifs is 1. The lowest BCUT2D eigenvalue weighted by Crippen LogP contribution is -2.37. The first kappa shape index (κ1) is 19.8. The predicted octanol–water partition coefficient (Wildman–Crippen LogP) is 5.26. The third-order valence-corrected chi connectivity index (χ3v) is 5.90. The van der Waals surface area contributed by atoms with Crippen LogP contribution in [0, 0.1) is 0 Å². The number of carbonyl (C=O) groups excluding carboxylic acids is 1. The van der Waals surface area contributed by atoms with E-state index < -0.39 is 17.8 Å². The van der Waals surface area contributed by atoms with Crippen LogP contribution in [-0.2, 0) is 17.3 Å². The standard InChI is InChI=1S/C18H16ClF3N2O2S/c1-2-26-17(25)24-14-7-10-5-3-4-6-12(10)15(14)27-16-13(19)8-11(9-23-16)18(20,21)22/h3-6,8-9,14-15H,2,7H2,1H3,(H,24,25)/t14-,15-/m0/s1. The number of alkyl halides is 3. The number of halogens is 4. The molecule has 0 aliphatic heterocycles. The third-order valence-electron chi connectivity index (χ3n) is 4.12. The molecule has 144 valence electrons. The van der Waals surface area contributed by atoms with E-state index in [0.717, 1.165) is 23.4 Å². The van der Waals surface area contributed by atoms with E-state index in [4.69, 9.17) is 16.3 Å². The van der Waals surface area contributed by atoms with Gasteiger partial charge in [0, 0.05) is 6.20 Å². The second-order valence-corrected chi connectivity index (χ2v) is 7.46. The average Bonchev–Trinajstić information content (AvgIpc) is 2.93. The zero-order valence-electron chi connectivity index (χ0n) is 14.2. The molecule has 27 heavy (non-hydrogen) atoms. The van der Waals surface area contributed by atoms with Gasteiger partial charge in [0.15, 0.2) is 0 Å². The minimum atomic E-state index is -4.51. The SMILES string of the molecule is CCOC(=O)N[C@H]1Cc2ccccc2[C@@H]1Sc1ncc(C(F)(F)F)cc1Cl. The Morgan fingerprint density at radius 3 is 2.81 bits per heavy atom. The molecule has 0 spiro atoms. The molecule has 0 bridgehead atoms. The number of hydrogen-bond donors (Lipinski definition) is 1. The lowest BCUT2D eigenvalue weighted by Gasteiger charge is -2.21. The molecule has 2 atom stereocenters. The van der Waals surface area contributed by atoms with Crippen molar-refractivity contribution in [3.05, 3.63) is 58.2 Å². The molecule has 1 amide bonds. The maximum absolute atomic E-state index is 12.8. The summed E-state index contributed by atoms with van der Waals surface area (Å²) in [4.78, 5) is 15.8. The molecular weight excluding hydrogens is 401 g/mol. The highest BCUT2D eigenvalue weighted by atomic mass is 35.5. The Hall–Kier alpha value is -1.93. The minimum Gasteiger partial charge on any atom is -0.450 e. The van der Waals surface area contributed by atoms with Crippen molar-refractivity contribution in [1.82, 2.24) is 10.3 Å². The van der Waals surface area contributed by atoms with Crippen molar-refractivity contribution in [2.45, 2.75) is 35.8 Å². The summed E-state index contributed by atoms with van der Waals surface area (Å²) in [5, 5.41) is 2.78. The summed E-state index contributed by atoms with van der Waals surface area (Å²) in [5.74, 6) is 0. The topological polar surface area (TPSA) is 51.2 Å². The highest BCUT2D eigenvalue weighted by Gasteiger charge is 2.36. The normalized spacial score (nSPS) is 18.9. The zero-order chi connectivity index (χ0) is 19.6. The van der Waals surface area contributed by atoms with Crippen molar-refractivity contribution in [1.29, 1.82) is 0 Å². The van der Waals surface area contributed by atoms with Gasteiger partial charge in [-0.2, -0.15) is 13.2 Å². The van der Waals surface area contributed by atoms with Crippen LogP contribution >= 0.6 is 23.4 Å². The molecule has 3 rings (SSSR count). The van der Waals surface area contributed by atoms with Gasteiger partial charge in [0.1, 0.15) is 5.03 Å². The molecule has 1 aliphatic rings. The van der Waals surface area contributed by atoms with E-state index in [1.807, 2.05) is 24.3 Å². The van der Waals surface area contributed by atoms with Gasteiger partial charge in [0.25, 0.3) is 0 Å². The quantitative estimate of drug-likeness (QED) is 0.738. The summed E-state index contributed by atoms with van der Waals surface area (Å²) < 4.78 is 43.4. The second-order valence-electron chi connectivity index (χ2n) is 5.92. The Morgan fingerprint density at radius 1 is 1.41 bits per heavy atom. The highest BCUT2D eigenvalue weighted by Crippen LogP contribution is 2.46. The second kappa shape index (κ2) is 7.98. The molecule has 0 saturated carbocycles. The molecule has 1 aromatic carbocycles. The number of ether oxygens (including phenoxy) is 1. The van der Waals surface area contributed by atoms with Crippen LogP contribution in [-0.4, -0.2) is 23.7 Å². The Bertz CT molecular complexity index is 848. The van der Waals surface area contributed by atoms with Gasteiger partial charge >= 0.3 is 12.3 Å². The van der Waals surface area contributed by atoms with Crippen LogP contribution < -0.4 is 5.32 Å². The van der Waals surface area contributed by atoms with E-state index in [2.05, 4.69) is 10.3 Å². The Kier molecular flexibility index (Phi) is 5.86. The summed E-state index contributed by atoms with van der Waals surface area (Å²) in [7, 11) is 0. The fourth-order valence-electron chi connectivity index (χ4n) is 2.94. The minimum absolute atomic E-state index is 0.0749. The Labute approximate surface area is 163 Å². The number of nitrogens with one attached hydrogen (secondary N) is 1. The van der Waals surface area contributed by atoms with Gasteiger partial charge in [-0.3, -0.25) is 0 Å². The largest absolute Gasteiger partial charge is 0.450 e. The van der Waals surface area contributed by atoms with Crippen LogP contribution in [0.2, 0.25) is 5.02 Å². The van der Waals surface area contributed by atoms with Crippen molar-refractivity contribution in [3.63, 3.8) is 0 Å². The fraction of sp³-hybridized carbons (Fsp3) is 0.333. The summed E-state index contributed by atoms with van der Waals surface area (Å²) >= 11 is 7.28. The monoisotopic (exact) mass is 416 g/mol. The number of amides is 1. The molecule has 0 fully saturated rings. The highest BCUT2D eigenvalue weighted by molar-refractivity contribution is 7.99. The first-order valence-corrected chi connectivity index (χ1v) is 9.46. The summed E-state index contributed by atoms with van der Waals surface area (Å²) in [6, 6.07) is 8.24. The van der Waals surface area contributed by atoms with Gasteiger partial charge in [-0.05, 0) is 30.5 Å². The fourth-order valence-corrected chi connectivity index (χ4v) is 4.45. The number of pyridine rings is 1. The maximum Gasteiger partial charge on any atom is 0.417 e. The van der Waals surface area contributed by atoms with E-state index in [9.17, 15) is 18.0 Å². The van der Waals surface area contributed by atoms with Gasteiger partial charge in [-0.1, -0.05) is 47.6 Å². The number of carbonyl (C=O) groups is 1. The van der Waals surface area contributed by atoms with Crippen molar-refractivity contribution < 1.29 is 22.7 Å². The van der Waals surface area contributed by atoms with Crippen LogP contribution in [0.15, 0.2) is 41.6 Å². The number of nitrogens with zero attached hydrogens (tertiary/aromatic N) is 1. The van der Waals surface area contributed by atoms with Crippen molar-refractivity contribution in [2.24, 2.45) is 0 Å². The molecule has 1 aliphatic carbocycles. The van der Waals surface area contributed by atoms with Crippen LogP contribution in [0.4, 0.5) is 18.0 Å². The van der Waals surface area contributed by atoms with Crippen LogP contribution in [0.5, 0.6) is 0 Å². The lowest BCUT2D eigenvalue weighted by atomic mass is 10.1. The molecular formula is C18H16ClF3N2O2S. The summed E-state index contributed by atoms with van der Waals surface area (Å²) in [5.41, 5.74) is 1.15. The van der Waals surface area contributed by atoms with Crippen molar-refractivity contribution in [3.8, 4) is 0 Å². The van der Waals surface area contributed by atoms with Crippen LogP contribution in [0.25, 0.3) is 0 Å². The zero-order valence-corrected chi connectivity index (χ0v) is 15.8. The van der Waals surface area contributed by atoms with Gasteiger partial charge < -0.3 is 10.1 Å². The summed E-state index contributed by atoms with van der Waals surface area (Å²) in [6.07, 6.45) is -3.69. The molecule has 1 heterocycles. The van der Waals surface area contributed by atoms with E-state index in [-0.39, 0.29) is 27.9 Å².